The van der Waals surface area contributed by atoms with Gasteiger partial charge in [0.2, 0.25) is 0 Å². The fourth-order valence-electron chi connectivity index (χ4n) is 5.11. The van der Waals surface area contributed by atoms with Crippen LogP contribution in [0.2, 0.25) is 0 Å². The van der Waals surface area contributed by atoms with Gasteiger partial charge in [0.25, 0.3) is 0 Å². The molecule has 0 spiro atoms. The Morgan fingerprint density at radius 1 is 0.909 bits per heavy atom. The van der Waals surface area contributed by atoms with Crippen LogP contribution in [-0.2, 0) is 0 Å². The van der Waals surface area contributed by atoms with Crippen LogP contribution < -0.4 is 4.74 Å². The molecule has 0 unspecified atom stereocenters. The van der Waals surface area contributed by atoms with Crippen LogP contribution >= 0.6 is 0 Å². The maximum atomic E-state index is 14.3. The lowest BCUT2D eigenvalue weighted by atomic mass is 9.75. The van der Waals surface area contributed by atoms with Crippen molar-refractivity contribution in [3.05, 3.63) is 101 Å². The lowest BCUT2D eigenvalue weighted by Crippen LogP contribution is -2.15. The number of ether oxygens (including phenoxy) is 1. The number of hydrogen-bond donors (Lipinski definition) is 0. The van der Waals surface area contributed by atoms with Crippen molar-refractivity contribution in [2.45, 2.75) is 57.8 Å². The third kappa shape index (κ3) is 6.35. The maximum absolute atomic E-state index is 14.3. The molecule has 0 radical (unpaired) electrons. The topological polar surface area (TPSA) is 9.23 Å². The number of halogens is 1. The summed E-state index contributed by atoms with van der Waals surface area (Å²) in [7, 11) is 0. The Hall–Kier alpha value is -2.87. The Morgan fingerprint density at radius 2 is 1.64 bits per heavy atom. The molecule has 1 aliphatic rings. The lowest BCUT2D eigenvalue weighted by Gasteiger charge is -2.30. The Labute approximate surface area is 198 Å². The van der Waals surface area contributed by atoms with Crippen molar-refractivity contribution in [3.63, 3.8) is 0 Å². The van der Waals surface area contributed by atoms with E-state index >= 15 is 0 Å². The van der Waals surface area contributed by atoms with Crippen molar-refractivity contribution in [1.29, 1.82) is 0 Å². The zero-order chi connectivity index (χ0) is 23.0. The van der Waals surface area contributed by atoms with Gasteiger partial charge >= 0.3 is 0 Å². The molecule has 0 saturated heterocycles. The van der Waals surface area contributed by atoms with E-state index in [1.165, 1.54) is 49.3 Å². The van der Waals surface area contributed by atoms with Gasteiger partial charge in [-0.2, -0.15) is 0 Å². The van der Waals surface area contributed by atoms with Crippen molar-refractivity contribution in [2.24, 2.45) is 5.92 Å². The highest BCUT2D eigenvalue weighted by Crippen LogP contribution is 2.39. The molecule has 0 aliphatic heterocycles. The second-order valence-electron chi connectivity index (χ2n) is 9.38. The number of benzene rings is 3. The quantitative estimate of drug-likeness (QED) is 0.317. The summed E-state index contributed by atoms with van der Waals surface area (Å²) in [4.78, 5) is 0. The Balaban J connectivity index is 1.29. The van der Waals surface area contributed by atoms with Gasteiger partial charge in [-0.1, -0.05) is 73.7 Å². The van der Waals surface area contributed by atoms with Gasteiger partial charge in [0.05, 0.1) is 6.61 Å². The van der Waals surface area contributed by atoms with Gasteiger partial charge in [-0.25, -0.2) is 4.39 Å². The molecular formula is C31H35FO. The molecular weight excluding hydrogens is 407 g/mol. The first-order valence-electron chi connectivity index (χ1n) is 12.4. The third-order valence-electron chi connectivity index (χ3n) is 7.05. The summed E-state index contributed by atoms with van der Waals surface area (Å²) < 4.78 is 19.6. The summed E-state index contributed by atoms with van der Waals surface area (Å²) in [5.74, 6) is 2.45. The van der Waals surface area contributed by atoms with E-state index in [0.29, 0.717) is 29.8 Å². The van der Waals surface area contributed by atoms with Crippen LogP contribution in [0.5, 0.6) is 5.75 Å². The van der Waals surface area contributed by atoms with E-state index in [9.17, 15) is 4.39 Å². The first kappa shape index (κ1) is 23.3. The standard InChI is InChI=1S/C31H35FO/c1-3-33-30-20-19-29(31(32)22-30)18-11-24-9-14-27(15-10-24)28-16-12-25(13-17-28)21-23(2)26-7-5-4-6-8-26/h4-11,14-15,18-20,22-23,25,28H,3,12-13,16-17,21H2,1-2H3/t23-,25?,28?/m0/s1. The first-order valence-corrected chi connectivity index (χ1v) is 12.4. The predicted octanol–water partition coefficient (Wildman–Crippen LogP) is 8.86. The molecule has 3 aromatic rings. The highest BCUT2D eigenvalue weighted by molar-refractivity contribution is 5.70. The van der Waals surface area contributed by atoms with Gasteiger partial charge in [0, 0.05) is 11.6 Å². The van der Waals surface area contributed by atoms with Crippen LogP contribution in [0.3, 0.4) is 0 Å². The molecule has 0 amide bonds. The van der Waals surface area contributed by atoms with E-state index in [4.69, 9.17) is 4.74 Å². The fraction of sp³-hybridized carbons (Fsp3) is 0.355. The van der Waals surface area contributed by atoms with Gasteiger partial charge in [0.1, 0.15) is 11.6 Å². The van der Waals surface area contributed by atoms with Gasteiger partial charge in [-0.15, -0.1) is 0 Å². The second kappa shape index (κ2) is 11.3. The van der Waals surface area contributed by atoms with E-state index in [0.717, 1.165) is 11.5 Å². The van der Waals surface area contributed by atoms with Crippen LogP contribution in [0, 0.1) is 11.7 Å². The zero-order valence-electron chi connectivity index (χ0n) is 19.8. The molecule has 1 saturated carbocycles. The zero-order valence-corrected chi connectivity index (χ0v) is 19.8. The maximum Gasteiger partial charge on any atom is 0.134 e. The minimum Gasteiger partial charge on any atom is -0.494 e. The van der Waals surface area contributed by atoms with Crippen LogP contribution in [-0.4, -0.2) is 6.61 Å². The van der Waals surface area contributed by atoms with Crippen molar-refractivity contribution in [3.8, 4) is 5.75 Å². The molecule has 3 aromatic carbocycles. The molecule has 0 N–H and O–H groups in total. The average Bonchev–Trinajstić information content (AvgIpc) is 2.85. The molecule has 33 heavy (non-hydrogen) atoms. The largest absolute Gasteiger partial charge is 0.494 e. The van der Waals surface area contributed by atoms with Crippen LogP contribution in [0.1, 0.15) is 80.0 Å². The van der Waals surface area contributed by atoms with Gasteiger partial charge in [-0.05, 0) is 85.6 Å². The van der Waals surface area contributed by atoms with Crippen molar-refractivity contribution >= 4 is 12.2 Å². The summed E-state index contributed by atoms with van der Waals surface area (Å²) in [6.07, 6.45) is 10.3. The number of rotatable bonds is 8. The Kier molecular flexibility index (Phi) is 7.99. The minimum absolute atomic E-state index is 0.257. The minimum atomic E-state index is -0.257. The molecule has 0 aromatic heterocycles. The molecule has 172 valence electrons. The average molecular weight is 443 g/mol. The molecule has 1 fully saturated rings. The van der Waals surface area contributed by atoms with Crippen LogP contribution in [0.25, 0.3) is 12.2 Å². The Bertz CT molecular complexity index is 1030. The van der Waals surface area contributed by atoms with E-state index < -0.39 is 0 Å². The molecule has 0 heterocycles. The summed E-state index contributed by atoms with van der Waals surface area (Å²) in [6, 6.07) is 24.8. The summed E-state index contributed by atoms with van der Waals surface area (Å²) in [5.41, 5.74) is 4.57. The first-order chi connectivity index (χ1) is 16.1. The van der Waals surface area contributed by atoms with Crippen molar-refractivity contribution < 1.29 is 9.13 Å². The summed E-state index contributed by atoms with van der Waals surface area (Å²) >= 11 is 0. The van der Waals surface area contributed by atoms with Crippen LogP contribution in [0.15, 0.2) is 72.8 Å². The number of hydrogen-bond acceptors (Lipinski definition) is 1. The fourth-order valence-corrected chi connectivity index (χ4v) is 5.11. The molecule has 1 atom stereocenters. The Morgan fingerprint density at radius 3 is 2.30 bits per heavy atom. The predicted molar refractivity (Wildman–Crippen MR) is 137 cm³/mol. The normalized spacial score (nSPS) is 19.5. The SMILES string of the molecule is CCOc1ccc(C=Cc2ccc(C3CCC(C[C@H](C)c4ccccc4)CC3)cc2)c(F)c1. The van der Waals surface area contributed by atoms with E-state index in [1.54, 1.807) is 6.07 Å². The van der Waals surface area contributed by atoms with Gasteiger partial charge < -0.3 is 4.74 Å². The molecule has 1 nitrogen and oxygen atoms in total. The van der Waals surface area contributed by atoms with E-state index in [-0.39, 0.29) is 5.82 Å². The smallest absolute Gasteiger partial charge is 0.134 e. The monoisotopic (exact) mass is 442 g/mol. The molecule has 0 bridgehead atoms. The highest BCUT2D eigenvalue weighted by atomic mass is 19.1. The van der Waals surface area contributed by atoms with Gasteiger partial charge in [-0.3, -0.25) is 0 Å². The van der Waals surface area contributed by atoms with Crippen molar-refractivity contribution in [2.75, 3.05) is 6.61 Å². The van der Waals surface area contributed by atoms with Crippen LogP contribution in [0.4, 0.5) is 4.39 Å². The van der Waals surface area contributed by atoms with Gasteiger partial charge in [0.15, 0.2) is 0 Å². The molecule has 2 heteroatoms. The summed E-state index contributed by atoms with van der Waals surface area (Å²) in [6.45, 7) is 4.80. The molecule has 1 aliphatic carbocycles. The van der Waals surface area contributed by atoms with E-state index in [1.807, 2.05) is 25.1 Å². The molecule has 4 rings (SSSR count). The van der Waals surface area contributed by atoms with Crippen molar-refractivity contribution in [1.82, 2.24) is 0 Å². The second-order valence-corrected chi connectivity index (χ2v) is 9.38. The lowest BCUT2D eigenvalue weighted by molar-refractivity contribution is 0.297. The third-order valence-corrected chi connectivity index (χ3v) is 7.05. The summed E-state index contributed by atoms with van der Waals surface area (Å²) in [5, 5.41) is 0. The van der Waals surface area contributed by atoms with E-state index in [2.05, 4.69) is 61.5 Å². The highest BCUT2D eigenvalue weighted by Gasteiger charge is 2.24.